The summed E-state index contributed by atoms with van der Waals surface area (Å²) in [6.07, 6.45) is 0. The first-order chi connectivity index (χ1) is 11.6. The molecule has 0 bridgehead atoms. The Morgan fingerprint density at radius 2 is 1.71 bits per heavy atom. The predicted octanol–water partition coefficient (Wildman–Crippen LogP) is 4.27. The first-order valence-corrected chi connectivity index (χ1v) is 8.10. The number of ether oxygens (including phenoxy) is 1. The van der Waals surface area contributed by atoms with E-state index in [1.165, 1.54) is 10.9 Å². The Morgan fingerprint density at radius 1 is 0.917 bits per heavy atom. The van der Waals surface area contributed by atoms with Crippen LogP contribution in [0, 0.1) is 13.8 Å². The maximum atomic E-state index is 12.1. The number of amides is 1. The molecule has 0 heterocycles. The van der Waals surface area contributed by atoms with Crippen molar-refractivity contribution >= 4 is 16.7 Å². The Kier molecular flexibility index (Phi) is 4.80. The summed E-state index contributed by atoms with van der Waals surface area (Å²) in [5.41, 5.74) is 2.99. The molecule has 1 N–H and O–H groups in total. The standard InChI is InChI=1S/C21H21NO2/c1-15-7-8-19(13-16(15)2)21(23)22-11-12-24-20-10-9-17-5-3-4-6-18(17)14-20/h3-10,13-14H,11-12H2,1-2H3,(H,22,23). The van der Waals surface area contributed by atoms with Gasteiger partial charge in [0.1, 0.15) is 12.4 Å². The van der Waals surface area contributed by atoms with E-state index in [1.54, 1.807) is 0 Å². The zero-order valence-corrected chi connectivity index (χ0v) is 14.0. The van der Waals surface area contributed by atoms with Crippen LogP contribution >= 0.6 is 0 Å². The van der Waals surface area contributed by atoms with E-state index in [0.717, 1.165) is 16.7 Å². The van der Waals surface area contributed by atoms with Gasteiger partial charge in [-0.1, -0.05) is 36.4 Å². The second kappa shape index (κ2) is 7.18. The fourth-order valence-electron chi connectivity index (χ4n) is 2.58. The van der Waals surface area contributed by atoms with Crippen LogP contribution in [-0.4, -0.2) is 19.1 Å². The number of rotatable bonds is 5. The van der Waals surface area contributed by atoms with Gasteiger partial charge in [0.05, 0.1) is 6.54 Å². The van der Waals surface area contributed by atoms with E-state index < -0.39 is 0 Å². The van der Waals surface area contributed by atoms with Crippen molar-refractivity contribution in [1.82, 2.24) is 5.32 Å². The fourth-order valence-corrected chi connectivity index (χ4v) is 2.58. The van der Waals surface area contributed by atoms with Crippen molar-refractivity contribution in [2.75, 3.05) is 13.2 Å². The van der Waals surface area contributed by atoms with Crippen LogP contribution in [0.5, 0.6) is 5.75 Å². The van der Waals surface area contributed by atoms with Crippen LogP contribution in [0.25, 0.3) is 10.8 Å². The largest absolute Gasteiger partial charge is 0.492 e. The third-order valence-electron chi connectivity index (χ3n) is 4.15. The Labute approximate surface area is 142 Å². The minimum Gasteiger partial charge on any atom is -0.492 e. The molecule has 0 unspecified atom stereocenters. The molecule has 3 heteroatoms. The van der Waals surface area contributed by atoms with Crippen molar-refractivity contribution in [1.29, 1.82) is 0 Å². The minimum atomic E-state index is -0.0692. The maximum Gasteiger partial charge on any atom is 0.251 e. The zero-order chi connectivity index (χ0) is 16.9. The SMILES string of the molecule is Cc1ccc(C(=O)NCCOc2ccc3ccccc3c2)cc1C. The monoisotopic (exact) mass is 319 g/mol. The van der Waals surface area contributed by atoms with Gasteiger partial charge in [-0.3, -0.25) is 4.79 Å². The molecule has 0 aliphatic rings. The van der Waals surface area contributed by atoms with Gasteiger partial charge in [-0.25, -0.2) is 0 Å². The number of benzene rings is 3. The van der Waals surface area contributed by atoms with E-state index in [2.05, 4.69) is 17.4 Å². The quantitative estimate of drug-likeness (QED) is 0.713. The topological polar surface area (TPSA) is 38.3 Å². The van der Waals surface area contributed by atoms with Gasteiger partial charge < -0.3 is 10.1 Å². The first kappa shape index (κ1) is 16.1. The average Bonchev–Trinajstić information content (AvgIpc) is 2.60. The second-order valence-electron chi connectivity index (χ2n) is 5.91. The van der Waals surface area contributed by atoms with Gasteiger partial charge in [-0.15, -0.1) is 0 Å². The molecular formula is C21H21NO2. The van der Waals surface area contributed by atoms with Gasteiger partial charge in [-0.05, 0) is 60.0 Å². The van der Waals surface area contributed by atoms with E-state index >= 15 is 0 Å². The van der Waals surface area contributed by atoms with E-state index in [0.29, 0.717) is 18.7 Å². The van der Waals surface area contributed by atoms with Crippen molar-refractivity contribution in [3.8, 4) is 5.75 Å². The third kappa shape index (κ3) is 3.74. The van der Waals surface area contributed by atoms with Gasteiger partial charge in [0, 0.05) is 5.56 Å². The number of carbonyl (C=O) groups excluding carboxylic acids is 1. The Hall–Kier alpha value is -2.81. The van der Waals surface area contributed by atoms with Crippen molar-refractivity contribution in [3.63, 3.8) is 0 Å². The number of aryl methyl sites for hydroxylation is 2. The van der Waals surface area contributed by atoms with Gasteiger partial charge >= 0.3 is 0 Å². The number of hydrogen-bond donors (Lipinski definition) is 1. The fraction of sp³-hybridized carbons (Fsp3) is 0.190. The molecule has 0 aromatic heterocycles. The maximum absolute atomic E-state index is 12.1. The zero-order valence-electron chi connectivity index (χ0n) is 14.0. The molecule has 0 atom stereocenters. The molecule has 1 amide bonds. The summed E-state index contributed by atoms with van der Waals surface area (Å²) in [5.74, 6) is 0.745. The lowest BCUT2D eigenvalue weighted by molar-refractivity contribution is 0.0947. The van der Waals surface area contributed by atoms with Crippen LogP contribution < -0.4 is 10.1 Å². The molecule has 3 nitrogen and oxygen atoms in total. The Bertz CT molecular complexity index is 871. The molecule has 0 spiro atoms. The van der Waals surface area contributed by atoms with Crippen molar-refractivity contribution in [3.05, 3.63) is 77.4 Å². The molecular weight excluding hydrogens is 298 g/mol. The lowest BCUT2D eigenvalue weighted by Gasteiger charge is -2.09. The predicted molar refractivity (Wildman–Crippen MR) is 97.7 cm³/mol. The van der Waals surface area contributed by atoms with Gasteiger partial charge in [0.2, 0.25) is 0 Å². The number of hydrogen-bond acceptors (Lipinski definition) is 2. The van der Waals surface area contributed by atoms with Crippen LogP contribution in [0.4, 0.5) is 0 Å². The number of carbonyl (C=O) groups is 1. The molecule has 0 aliphatic carbocycles. The van der Waals surface area contributed by atoms with Crippen LogP contribution in [0.15, 0.2) is 60.7 Å². The van der Waals surface area contributed by atoms with Gasteiger partial charge in [-0.2, -0.15) is 0 Å². The van der Waals surface area contributed by atoms with Crippen molar-refractivity contribution in [2.24, 2.45) is 0 Å². The molecule has 122 valence electrons. The molecule has 0 fully saturated rings. The molecule has 0 saturated carbocycles. The molecule has 3 aromatic carbocycles. The summed E-state index contributed by atoms with van der Waals surface area (Å²) < 4.78 is 5.73. The van der Waals surface area contributed by atoms with Crippen molar-refractivity contribution < 1.29 is 9.53 Å². The Morgan fingerprint density at radius 3 is 2.50 bits per heavy atom. The van der Waals surface area contributed by atoms with E-state index in [-0.39, 0.29) is 5.91 Å². The molecule has 0 radical (unpaired) electrons. The highest BCUT2D eigenvalue weighted by Crippen LogP contribution is 2.20. The smallest absolute Gasteiger partial charge is 0.251 e. The van der Waals surface area contributed by atoms with Crippen molar-refractivity contribution in [2.45, 2.75) is 13.8 Å². The Balaban J connectivity index is 1.52. The summed E-state index contributed by atoms with van der Waals surface area (Å²) >= 11 is 0. The van der Waals surface area contributed by atoms with Gasteiger partial charge in [0.25, 0.3) is 5.91 Å². The van der Waals surface area contributed by atoms with Crippen LogP contribution in [-0.2, 0) is 0 Å². The highest BCUT2D eigenvalue weighted by atomic mass is 16.5. The molecule has 0 saturated heterocycles. The van der Waals surface area contributed by atoms with Crippen LogP contribution in [0.3, 0.4) is 0 Å². The lowest BCUT2D eigenvalue weighted by Crippen LogP contribution is -2.28. The number of fused-ring (bicyclic) bond motifs is 1. The molecule has 24 heavy (non-hydrogen) atoms. The third-order valence-corrected chi connectivity index (χ3v) is 4.15. The molecule has 0 aliphatic heterocycles. The lowest BCUT2D eigenvalue weighted by atomic mass is 10.1. The highest BCUT2D eigenvalue weighted by Gasteiger charge is 2.06. The normalized spacial score (nSPS) is 10.6. The average molecular weight is 319 g/mol. The first-order valence-electron chi connectivity index (χ1n) is 8.10. The van der Waals surface area contributed by atoms with E-state index in [9.17, 15) is 4.79 Å². The summed E-state index contributed by atoms with van der Waals surface area (Å²) in [4.78, 5) is 12.1. The van der Waals surface area contributed by atoms with Gasteiger partial charge in [0.15, 0.2) is 0 Å². The van der Waals surface area contributed by atoms with Crippen LogP contribution in [0.1, 0.15) is 21.5 Å². The van der Waals surface area contributed by atoms with E-state index in [4.69, 9.17) is 4.74 Å². The molecule has 3 rings (SSSR count). The second-order valence-corrected chi connectivity index (χ2v) is 5.91. The highest BCUT2D eigenvalue weighted by molar-refractivity contribution is 5.94. The summed E-state index contributed by atoms with van der Waals surface area (Å²) in [6, 6.07) is 19.9. The summed E-state index contributed by atoms with van der Waals surface area (Å²) in [7, 11) is 0. The number of nitrogens with one attached hydrogen (secondary N) is 1. The molecule has 3 aromatic rings. The minimum absolute atomic E-state index is 0.0692. The summed E-state index contributed by atoms with van der Waals surface area (Å²) in [6.45, 7) is 4.96. The van der Waals surface area contributed by atoms with Crippen LogP contribution in [0.2, 0.25) is 0 Å². The van der Waals surface area contributed by atoms with E-state index in [1.807, 2.05) is 62.4 Å². The summed E-state index contributed by atoms with van der Waals surface area (Å²) in [5, 5.41) is 5.22.